The predicted molar refractivity (Wildman–Crippen MR) is 376 cm³/mol. The molecule has 0 saturated heterocycles. The van der Waals surface area contributed by atoms with Crippen LogP contribution in [0, 0.1) is 0 Å². The van der Waals surface area contributed by atoms with Gasteiger partial charge in [-0.3, -0.25) is 0 Å². The molecule has 0 saturated carbocycles. The molecular formula is C78H90O4P4. The molecule has 0 spiro atoms. The zero-order valence-corrected chi connectivity index (χ0v) is 57.8. The Morgan fingerprint density at radius 1 is 0.151 bits per heavy atom. The summed E-state index contributed by atoms with van der Waals surface area (Å²) in [6.07, 6.45) is 0. The maximum atomic E-state index is 17.1. The van der Waals surface area contributed by atoms with Crippen molar-refractivity contribution in [3.8, 4) is 0 Å². The minimum Gasteiger partial charge on any atom is -0.309 e. The summed E-state index contributed by atoms with van der Waals surface area (Å²) in [5.74, 6) is 0. The van der Waals surface area contributed by atoms with E-state index in [9.17, 15) is 0 Å². The lowest BCUT2D eigenvalue weighted by Crippen LogP contribution is -2.31. The highest BCUT2D eigenvalue weighted by molar-refractivity contribution is 7.87. The average molecular weight is 1220 g/mol. The molecule has 0 radical (unpaired) electrons. The minimum absolute atomic E-state index is 0.102. The summed E-state index contributed by atoms with van der Waals surface area (Å²) in [5, 5.41) is 7.77. The quantitative estimate of drug-likeness (QED) is 0.114. The maximum absolute atomic E-state index is 17.1. The maximum Gasteiger partial charge on any atom is 0.171 e. The van der Waals surface area contributed by atoms with Crippen molar-refractivity contribution < 1.29 is 18.3 Å². The molecule has 0 aliphatic heterocycles. The molecule has 446 valence electrons. The van der Waals surface area contributed by atoms with Crippen LogP contribution in [0.4, 0.5) is 0 Å². The third-order valence-electron chi connectivity index (χ3n) is 17.3. The van der Waals surface area contributed by atoms with E-state index in [1.807, 2.05) is 146 Å². The molecule has 0 N–H and O–H groups in total. The highest BCUT2D eigenvalue weighted by Gasteiger charge is 2.38. The molecule has 0 heterocycles. The molecule has 0 aromatic heterocycles. The van der Waals surface area contributed by atoms with Crippen LogP contribution in [-0.2, 0) is 50.8 Å². The first-order valence-corrected chi connectivity index (χ1v) is 37.1. The monoisotopic (exact) mass is 1210 g/mol. The van der Waals surface area contributed by atoms with Crippen LogP contribution in [0.3, 0.4) is 0 Å². The normalized spacial score (nSPS) is 13.4. The highest BCUT2D eigenvalue weighted by atomic mass is 31.2. The van der Waals surface area contributed by atoms with E-state index in [2.05, 4.69) is 197 Å². The van der Waals surface area contributed by atoms with E-state index < -0.39 is 28.6 Å². The molecule has 0 amide bonds. The minimum atomic E-state index is -3.85. The van der Waals surface area contributed by atoms with E-state index in [0.717, 1.165) is 33.4 Å². The van der Waals surface area contributed by atoms with Gasteiger partial charge >= 0.3 is 0 Å². The lowest BCUT2D eigenvalue weighted by atomic mass is 9.87. The molecule has 0 atom stereocenters. The highest BCUT2D eigenvalue weighted by Crippen LogP contribution is 2.49. The van der Waals surface area contributed by atoms with Gasteiger partial charge in [0.25, 0.3) is 0 Å². The summed E-state index contributed by atoms with van der Waals surface area (Å²) >= 11 is 0. The van der Waals surface area contributed by atoms with Gasteiger partial charge in [-0.25, -0.2) is 0 Å². The van der Waals surface area contributed by atoms with Crippen LogP contribution in [-0.4, -0.2) is 0 Å². The largest absolute Gasteiger partial charge is 0.309 e. The van der Waals surface area contributed by atoms with Crippen molar-refractivity contribution in [1.29, 1.82) is 0 Å². The van der Waals surface area contributed by atoms with E-state index in [1.54, 1.807) is 0 Å². The van der Waals surface area contributed by atoms with Crippen LogP contribution in [0.15, 0.2) is 218 Å². The van der Waals surface area contributed by atoms with Crippen molar-refractivity contribution in [3.05, 3.63) is 252 Å². The fraction of sp³-hybridized carbons (Fsp3) is 0.308. The Kier molecular flexibility index (Phi) is 17.3. The summed E-state index contributed by atoms with van der Waals surface area (Å²) in [6, 6.07) is 71.8. The van der Waals surface area contributed by atoms with Gasteiger partial charge in [-0.15, -0.1) is 0 Å². The Morgan fingerprint density at radius 3 is 0.291 bits per heavy atom. The first-order chi connectivity index (χ1) is 39.9. The van der Waals surface area contributed by atoms with Gasteiger partial charge in [0.15, 0.2) is 28.6 Å². The Hall–Kier alpha value is -6.10. The van der Waals surface area contributed by atoms with Gasteiger partial charge in [-0.05, 0) is 65.9 Å². The number of hydrogen-bond acceptors (Lipinski definition) is 4. The number of hydrogen-bond donors (Lipinski definition) is 0. The Morgan fingerprint density at radius 2 is 0.221 bits per heavy atom. The molecule has 0 aliphatic rings. The lowest BCUT2D eigenvalue weighted by Gasteiger charge is -2.26. The SMILES string of the molecule is CC(C)(C)c1ccc(P(=O)(c2ccc(C(C)(C)C)cc2)c2ccc(P(=O)(c3ccc(P(=O)(c4ccc(C(C)(C)C)cc4)c4ccc(C(C)(C)C)cc4)cc3)c3ccc(P(=O)(c4ccc(C(C)(C)C)cc4)c4ccc(C(C)(C)C)cc4)cc3)cc2)cc1. The summed E-state index contributed by atoms with van der Waals surface area (Å²) in [6.45, 7) is 39.2. The fourth-order valence-electron chi connectivity index (χ4n) is 11.4. The van der Waals surface area contributed by atoms with Crippen LogP contribution >= 0.6 is 28.6 Å². The Bertz CT molecular complexity index is 3450. The third kappa shape index (κ3) is 12.5. The van der Waals surface area contributed by atoms with Gasteiger partial charge in [0.1, 0.15) is 0 Å². The fourth-order valence-corrected chi connectivity index (χ4v) is 21.8. The van der Waals surface area contributed by atoms with Gasteiger partial charge < -0.3 is 18.3 Å². The molecule has 0 unspecified atom stereocenters. The second-order valence-electron chi connectivity index (χ2n) is 29.8. The van der Waals surface area contributed by atoms with E-state index in [-0.39, 0.29) is 32.5 Å². The summed E-state index contributed by atoms with van der Waals surface area (Å²) in [5.41, 5.74) is 6.25. The van der Waals surface area contributed by atoms with Crippen LogP contribution in [0.25, 0.3) is 0 Å². The van der Waals surface area contributed by atoms with E-state index in [1.165, 1.54) is 0 Å². The van der Waals surface area contributed by atoms with Crippen molar-refractivity contribution >= 4 is 92.2 Å². The van der Waals surface area contributed by atoms with Gasteiger partial charge in [-0.1, -0.05) is 343 Å². The molecule has 0 fully saturated rings. The summed E-state index contributed by atoms with van der Waals surface area (Å²) < 4.78 is 66.1. The van der Waals surface area contributed by atoms with Crippen LogP contribution in [0.1, 0.15) is 158 Å². The molecule has 9 rings (SSSR count). The molecule has 0 bridgehead atoms. The Balaban J connectivity index is 1.24. The zero-order chi connectivity index (χ0) is 62.8. The van der Waals surface area contributed by atoms with Crippen LogP contribution in [0.2, 0.25) is 0 Å². The molecule has 9 aromatic rings. The first-order valence-electron chi connectivity index (χ1n) is 30.3. The van der Waals surface area contributed by atoms with E-state index >= 15 is 18.3 Å². The molecule has 4 nitrogen and oxygen atoms in total. The third-order valence-corrected chi connectivity index (χ3v) is 29.6. The van der Waals surface area contributed by atoms with Crippen molar-refractivity contribution in [2.75, 3.05) is 0 Å². The van der Waals surface area contributed by atoms with E-state index in [4.69, 9.17) is 0 Å². The van der Waals surface area contributed by atoms with Crippen molar-refractivity contribution in [2.45, 2.75) is 157 Å². The molecule has 86 heavy (non-hydrogen) atoms. The van der Waals surface area contributed by atoms with Crippen molar-refractivity contribution in [2.24, 2.45) is 0 Å². The molecule has 0 aliphatic carbocycles. The predicted octanol–water partition coefficient (Wildman–Crippen LogP) is 16.0. The topological polar surface area (TPSA) is 68.3 Å². The first kappa shape index (κ1) is 64.4. The molecular weight excluding hydrogens is 1120 g/mol. The van der Waals surface area contributed by atoms with E-state index in [0.29, 0.717) is 63.7 Å². The average Bonchev–Trinajstić information content (AvgIpc) is 0.865. The smallest absolute Gasteiger partial charge is 0.171 e. The second kappa shape index (κ2) is 23.1. The van der Waals surface area contributed by atoms with Crippen LogP contribution in [0.5, 0.6) is 0 Å². The molecule has 9 aromatic carbocycles. The molecule has 8 heteroatoms. The second-order valence-corrected chi connectivity index (χ2v) is 40.8. The lowest BCUT2D eigenvalue weighted by molar-refractivity contribution is 0.588. The van der Waals surface area contributed by atoms with Gasteiger partial charge in [0.05, 0.1) is 0 Å². The Labute approximate surface area is 516 Å². The summed E-state index contributed by atoms with van der Waals surface area (Å²) in [4.78, 5) is 0. The van der Waals surface area contributed by atoms with Crippen molar-refractivity contribution in [1.82, 2.24) is 0 Å². The van der Waals surface area contributed by atoms with Gasteiger partial charge in [0.2, 0.25) is 0 Å². The van der Waals surface area contributed by atoms with Crippen LogP contribution < -0.4 is 63.7 Å². The summed E-state index contributed by atoms with van der Waals surface area (Å²) in [7, 11) is -14.4. The standard InChI is InChI=1S/C78H90O4P4/c1-73(2,3)55-19-31-61(32-20-55)83(79,62-33-21-56(22-34-62)74(4,5)6)67-43-49-70(50-44-67)86(82,71-51-45-68(46-52-71)84(80,63-35-23-57(24-36-63)75(7,8)9)64-37-25-58(26-38-64)76(10,11)12)72-53-47-69(48-54-72)85(81,65-39-27-59(28-40-65)77(13,14)15)66-41-29-60(30-42-66)78(16,17)18/h19-54H,1-18H3. The van der Waals surface area contributed by atoms with Gasteiger partial charge in [-0.2, -0.15) is 0 Å². The zero-order valence-electron chi connectivity index (χ0n) is 54.2. The number of rotatable bonds is 12. The van der Waals surface area contributed by atoms with Crippen molar-refractivity contribution in [3.63, 3.8) is 0 Å². The number of benzene rings is 9. The van der Waals surface area contributed by atoms with Gasteiger partial charge in [0, 0.05) is 63.7 Å².